The number of amides is 1. The van der Waals surface area contributed by atoms with Crippen LogP contribution >= 0.6 is 0 Å². The van der Waals surface area contributed by atoms with Crippen molar-refractivity contribution in [1.82, 2.24) is 10.5 Å². The highest BCUT2D eigenvalue weighted by molar-refractivity contribution is 5.91. The van der Waals surface area contributed by atoms with Crippen LogP contribution in [0.5, 0.6) is 0 Å². The first kappa shape index (κ1) is 9.77. The Balaban J connectivity index is 2.27. The van der Waals surface area contributed by atoms with Gasteiger partial charge in [0.15, 0.2) is 0 Å². The second kappa shape index (κ2) is 4.64. The minimum Gasteiger partial charge on any atom is -0.351 e. The van der Waals surface area contributed by atoms with Crippen LogP contribution in [0.2, 0.25) is 0 Å². The van der Waals surface area contributed by atoms with E-state index in [0.717, 1.165) is 6.42 Å². The van der Waals surface area contributed by atoms with Gasteiger partial charge in [-0.05, 0) is 12.3 Å². The lowest BCUT2D eigenvalue weighted by Gasteiger charge is -2.04. The molecule has 0 fully saturated rings. The Kier molecular flexibility index (Phi) is 3.49. The fraction of sp³-hybridized carbons (Fsp3) is 0.556. The van der Waals surface area contributed by atoms with Gasteiger partial charge in [0.05, 0.1) is 6.20 Å². The first-order chi connectivity index (χ1) is 6.20. The third-order valence-corrected chi connectivity index (χ3v) is 1.67. The van der Waals surface area contributed by atoms with Crippen LogP contribution in [-0.4, -0.2) is 17.6 Å². The minimum absolute atomic E-state index is 0.196. The van der Waals surface area contributed by atoms with E-state index in [1.54, 1.807) is 6.07 Å². The second-order valence-corrected chi connectivity index (χ2v) is 3.32. The van der Waals surface area contributed by atoms with Gasteiger partial charge >= 0.3 is 0 Å². The minimum atomic E-state index is -0.196. The van der Waals surface area contributed by atoms with Gasteiger partial charge in [-0.25, -0.2) is 0 Å². The summed E-state index contributed by atoms with van der Waals surface area (Å²) in [7, 11) is 0. The van der Waals surface area contributed by atoms with Crippen molar-refractivity contribution in [3.63, 3.8) is 0 Å². The largest absolute Gasteiger partial charge is 0.351 e. The Bertz CT molecular complexity index is 255. The first-order valence-corrected chi connectivity index (χ1v) is 4.39. The second-order valence-electron chi connectivity index (χ2n) is 3.32. The van der Waals surface area contributed by atoms with E-state index in [4.69, 9.17) is 4.52 Å². The molecular weight excluding hydrogens is 168 g/mol. The lowest BCUT2D eigenvalue weighted by Crippen LogP contribution is -2.24. The van der Waals surface area contributed by atoms with Crippen LogP contribution in [0.1, 0.15) is 30.8 Å². The number of nitrogens with zero attached hydrogens (tertiary/aromatic N) is 1. The highest BCUT2D eigenvalue weighted by Crippen LogP contribution is 1.99. The Labute approximate surface area is 77.3 Å². The van der Waals surface area contributed by atoms with Crippen LogP contribution in [0.3, 0.4) is 0 Å². The van der Waals surface area contributed by atoms with Crippen LogP contribution in [0.25, 0.3) is 0 Å². The lowest BCUT2D eigenvalue weighted by atomic mass is 10.1. The van der Waals surface area contributed by atoms with Gasteiger partial charge in [-0.2, -0.15) is 0 Å². The van der Waals surface area contributed by atoms with Gasteiger partial charge in [-0.3, -0.25) is 4.79 Å². The molecular formula is C9H14N2O2. The lowest BCUT2D eigenvalue weighted by molar-refractivity contribution is 0.0915. The number of carbonyl (C=O) groups is 1. The first-order valence-electron chi connectivity index (χ1n) is 4.39. The Morgan fingerprint density at radius 1 is 1.69 bits per heavy atom. The van der Waals surface area contributed by atoms with Gasteiger partial charge in [0.2, 0.25) is 5.76 Å². The average molecular weight is 182 g/mol. The highest BCUT2D eigenvalue weighted by Gasteiger charge is 2.08. The third-order valence-electron chi connectivity index (χ3n) is 1.67. The summed E-state index contributed by atoms with van der Waals surface area (Å²) in [5, 5.41) is 6.19. The summed E-state index contributed by atoms with van der Waals surface area (Å²) in [6.45, 7) is 4.90. The molecule has 1 aromatic heterocycles. The molecule has 0 atom stereocenters. The standard InChI is InChI=1S/C9H14N2O2/c1-7(2)3-5-10-9(12)8-4-6-11-13-8/h4,6-7H,3,5H2,1-2H3,(H,10,12). The summed E-state index contributed by atoms with van der Waals surface area (Å²) < 4.78 is 4.69. The molecule has 0 unspecified atom stereocenters. The van der Waals surface area contributed by atoms with Gasteiger partial charge in [-0.1, -0.05) is 19.0 Å². The predicted octanol–water partition coefficient (Wildman–Crippen LogP) is 1.45. The molecule has 4 heteroatoms. The Hall–Kier alpha value is -1.32. The maximum atomic E-state index is 11.2. The van der Waals surface area contributed by atoms with Crippen LogP contribution in [0, 0.1) is 5.92 Å². The highest BCUT2D eigenvalue weighted by atomic mass is 16.5. The van der Waals surface area contributed by atoms with E-state index in [0.29, 0.717) is 12.5 Å². The van der Waals surface area contributed by atoms with Crippen LogP contribution in [-0.2, 0) is 0 Å². The number of carbonyl (C=O) groups excluding carboxylic acids is 1. The molecule has 1 amide bonds. The molecule has 0 aliphatic heterocycles. The van der Waals surface area contributed by atoms with Crippen molar-refractivity contribution in [1.29, 1.82) is 0 Å². The fourth-order valence-corrected chi connectivity index (χ4v) is 0.894. The number of nitrogens with one attached hydrogen (secondary N) is 1. The fourth-order valence-electron chi connectivity index (χ4n) is 0.894. The van der Waals surface area contributed by atoms with Crippen molar-refractivity contribution in [2.75, 3.05) is 6.54 Å². The summed E-state index contributed by atoms with van der Waals surface area (Å²) in [6.07, 6.45) is 2.43. The van der Waals surface area contributed by atoms with Crippen LogP contribution in [0.4, 0.5) is 0 Å². The molecule has 1 aromatic rings. The monoisotopic (exact) mass is 182 g/mol. The van der Waals surface area contributed by atoms with Crippen molar-refractivity contribution in [3.8, 4) is 0 Å². The summed E-state index contributed by atoms with van der Waals surface area (Å²) >= 11 is 0. The molecule has 0 saturated heterocycles. The van der Waals surface area contributed by atoms with Gasteiger partial charge < -0.3 is 9.84 Å². The van der Waals surface area contributed by atoms with Gasteiger partial charge in [0.1, 0.15) is 0 Å². The smallest absolute Gasteiger partial charge is 0.289 e. The normalized spacial score (nSPS) is 10.4. The maximum Gasteiger partial charge on any atom is 0.289 e. The number of rotatable bonds is 4. The summed E-state index contributed by atoms with van der Waals surface area (Å²) in [6, 6.07) is 1.55. The zero-order valence-electron chi connectivity index (χ0n) is 7.91. The molecule has 13 heavy (non-hydrogen) atoms. The van der Waals surface area contributed by atoms with E-state index in [9.17, 15) is 4.79 Å². The van der Waals surface area contributed by atoms with E-state index in [1.165, 1.54) is 6.20 Å². The summed E-state index contributed by atoms with van der Waals surface area (Å²) in [4.78, 5) is 11.2. The van der Waals surface area contributed by atoms with Crippen LogP contribution < -0.4 is 5.32 Å². The third kappa shape index (κ3) is 3.27. The molecule has 0 bridgehead atoms. The predicted molar refractivity (Wildman–Crippen MR) is 48.3 cm³/mol. The molecule has 0 aromatic carbocycles. The quantitative estimate of drug-likeness (QED) is 0.766. The van der Waals surface area contributed by atoms with Crippen molar-refractivity contribution in [2.45, 2.75) is 20.3 Å². The van der Waals surface area contributed by atoms with E-state index < -0.39 is 0 Å². The molecule has 0 saturated carbocycles. The summed E-state index contributed by atoms with van der Waals surface area (Å²) in [5.74, 6) is 0.664. The number of hydrogen-bond acceptors (Lipinski definition) is 3. The Morgan fingerprint density at radius 2 is 2.46 bits per heavy atom. The van der Waals surface area contributed by atoms with E-state index in [-0.39, 0.29) is 11.7 Å². The molecule has 1 rings (SSSR count). The van der Waals surface area contributed by atoms with Gasteiger partial charge in [0.25, 0.3) is 5.91 Å². The molecule has 1 heterocycles. The molecule has 0 aliphatic carbocycles. The molecule has 0 aliphatic rings. The number of hydrogen-bond donors (Lipinski definition) is 1. The van der Waals surface area contributed by atoms with Crippen molar-refractivity contribution < 1.29 is 9.32 Å². The van der Waals surface area contributed by atoms with Crippen molar-refractivity contribution >= 4 is 5.91 Å². The van der Waals surface area contributed by atoms with Gasteiger partial charge in [-0.15, -0.1) is 0 Å². The maximum absolute atomic E-state index is 11.2. The summed E-state index contributed by atoms with van der Waals surface area (Å²) in [5.41, 5.74) is 0. The zero-order chi connectivity index (χ0) is 9.68. The molecule has 4 nitrogen and oxygen atoms in total. The Morgan fingerprint density at radius 3 is 3.00 bits per heavy atom. The molecule has 72 valence electrons. The number of aromatic nitrogens is 1. The van der Waals surface area contributed by atoms with Crippen molar-refractivity contribution in [3.05, 3.63) is 18.0 Å². The van der Waals surface area contributed by atoms with Crippen LogP contribution in [0.15, 0.2) is 16.8 Å². The average Bonchev–Trinajstić information content (AvgIpc) is 2.55. The van der Waals surface area contributed by atoms with E-state index >= 15 is 0 Å². The SMILES string of the molecule is CC(C)CCNC(=O)c1ccno1. The zero-order valence-corrected chi connectivity index (χ0v) is 7.91. The topological polar surface area (TPSA) is 55.1 Å². The molecule has 0 radical (unpaired) electrons. The van der Waals surface area contributed by atoms with Gasteiger partial charge in [0, 0.05) is 12.6 Å². The van der Waals surface area contributed by atoms with Crippen molar-refractivity contribution in [2.24, 2.45) is 5.92 Å². The molecule has 0 spiro atoms. The molecule has 1 N–H and O–H groups in total. The van der Waals surface area contributed by atoms with E-state index in [2.05, 4.69) is 24.3 Å². The van der Waals surface area contributed by atoms with E-state index in [1.807, 2.05) is 0 Å².